The molecule has 1 heterocycles. The van der Waals surface area contributed by atoms with E-state index in [9.17, 15) is 4.79 Å². The summed E-state index contributed by atoms with van der Waals surface area (Å²) in [7, 11) is 3.83. The SMILES string of the molecule is CNC1CC(C(N)=O)N(C)C1. The molecule has 11 heavy (non-hydrogen) atoms. The Kier molecular flexibility index (Phi) is 2.46. The van der Waals surface area contributed by atoms with Crippen LogP contribution in [0.1, 0.15) is 6.42 Å². The van der Waals surface area contributed by atoms with Gasteiger partial charge in [0.15, 0.2) is 0 Å². The van der Waals surface area contributed by atoms with Gasteiger partial charge in [0, 0.05) is 12.6 Å². The van der Waals surface area contributed by atoms with Crippen molar-refractivity contribution in [2.24, 2.45) is 5.73 Å². The topological polar surface area (TPSA) is 58.4 Å². The second-order valence-corrected chi connectivity index (χ2v) is 3.08. The standard InChI is InChI=1S/C7H15N3O/c1-9-5-3-6(7(8)11)10(2)4-5/h5-6,9H,3-4H2,1-2H3,(H2,8,11). The van der Waals surface area contributed by atoms with Gasteiger partial charge in [0.25, 0.3) is 0 Å². The summed E-state index contributed by atoms with van der Waals surface area (Å²) in [6.45, 7) is 0.907. The number of likely N-dealkylation sites (tertiary alicyclic amines) is 1. The third-order valence-corrected chi connectivity index (χ3v) is 2.28. The number of carbonyl (C=O) groups is 1. The van der Waals surface area contributed by atoms with Gasteiger partial charge in [0.1, 0.15) is 0 Å². The van der Waals surface area contributed by atoms with Crippen LogP contribution >= 0.6 is 0 Å². The number of hydrogen-bond donors (Lipinski definition) is 2. The lowest BCUT2D eigenvalue weighted by atomic mass is 10.1. The van der Waals surface area contributed by atoms with E-state index in [2.05, 4.69) is 5.32 Å². The monoisotopic (exact) mass is 157 g/mol. The van der Waals surface area contributed by atoms with E-state index in [1.165, 1.54) is 0 Å². The van der Waals surface area contributed by atoms with Crippen LogP contribution in [0.25, 0.3) is 0 Å². The Morgan fingerprint density at radius 1 is 1.73 bits per heavy atom. The number of amides is 1. The van der Waals surface area contributed by atoms with Gasteiger partial charge in [-0.3, -0.25) is 9.69 Å². The Labute approximate surface area is 66.7 Å². The Morgan fingerprint density at radius 2 is 2.36 bits per heavy atom. The van der Waals surface area contributed by atoms with Gasteiger partial charge in [-0.05, 0) is 20.5 Å². The van der Waals surface area contributed by atoms with Crippen LogP contribution in [0.2, 0.25) is 0 Å². The zero-order valence-corrected chi connectivity index (χ0v) is 7.00. The molecule has 2 atom stereocenters. The molecule has 64 valence electrons. The predicted molar refractivity (Wildman–Crippen MR) is 43.1 cm³/mol. The van der Waals surface area contributed by atoms with E-state index in [0.29, 0.717) is 6.04 Å². The Hall–Kier alpha value is -0.610. The molecule has 1 aliphatic heterocycles. The highest BCUT2D eigenvalue weighted by molar-refractivity contribution is 5.80. The molecule has 4 nitrogen and oxygen atoms in total. The molecule has 4 heteroatoms. The molecule has 0 saturated carbocycles. The minimum atomic E-state index is -0.217. The van der Waals surface area contributed by atoms with Crippen molar-refractivity contribution in [3.05, 3.63) is 0 Å². The van der Waals surface area contributed by atoms with Crippen LogP contribution in [-0.2, 0) is 4.79 Å². The zero-order valence-electron chi connectivity index (χ0n) is 7.00. The van der Waals surface area contributed by atoms with Crippen molar-refractivity contribution < 1.29 is 4.79 Å². The van der Waals surface area contributed by atoms with Crippen LogP contribution in [-0.4, -0.2) is 43.5 Å². The number of nitrogens with one attached hydrogen (secondary N) is 1. The van der Waals surface area contributed by atoms with Gasteiger partial charge in [-0.25, -0.2) is 0 Å². The molecule has 1 rings (SSSR count). The van der Waals surface area contributed by atoms with E-state index >= 15 is 0 Å². The van der Waals surface area contributed by atoms with E-state index in [0.717, 1.165) is 13.0 Å². The van der Waals surface area contributed by atoms with Crippen molar-refractivity contribution in [3.63, 3.8) is 0 Å². The minimum Gasteiger partial charge on any atom is -0.368 e. The maximum Gasteiger partial charge on any atom is 0.234 e. The fourth-order valence-electron chi connectivity index (χ4n) is 1.54. The number of nitrogens with zero attached hydrogens (tertiary/aromatic N) is 1. The molecule has 0 aromatic heterocycles. The molecule has 1 amide bonds. The summed E-state index contributed by atoms with van der Waals surface area (Å²) in [5.74, 6) is -0.217. The summed E-state index contributed by atoms with van der Waals surface area (Å²) in [6.07, 6.45) is 0.836. The van der Waals surface area contributed by atoms with Crippen molar-refractivity contribution in [2.45, 2.75) is 18.5 Å². The smallest absolute Gasteiger partial charge is 0.234 e. The first-order chi connectivity index (χ1) is 5.15. The van der Waals surface area contributed by atoms with Crippen molar-refractivity contribution >= 4 is 5.91 Å². The molecule has 0 radical (unpaired) electrons. The normalized spacial score (nSPS) is 32.5. The molecule has 0 spiro atoms. The van der Waals surface area contributed by atoms with E-state index in [4.69, 9.17) is 5.73 Å². The summed E-state index contributed by atoms with van der Waals surface area (Å²) < 4.78 is 0. The summed E-state index contributed by atoms with van der Waals surface area (Å²) in [6, 6.07) is 0.338. The quantitative estimate of drug-likeness (QED) is 0.527. The van der Waals surface area contributed by atoms with Crippen LogP contribution in [0.3, 0.4) is 0 Å². The van der Waals surface area contributed by atoms with Crippen LogP contribution in [0.5, 0.6) is 0 Å². The number of nitrogens with two attached hydrogens (primary N) is 1. The molecule has 0 bridgehead atoms. The summed E-state index contributed by atoms with van der Waals surface area (Å²) in [4.78, 5) is 12.8. The van der Waals surface area contributed by atoms with E-state index in [1.54, 1.807) is 0 Å². The average Bonchev–Trinajstić information content (AvgIpc) is 2.30. The Bertz CT molecular complexity index is 160. The van der Waals surface area contributed by atoms with Gasteiger partial charge >= 0.3 is 0 Å². The summed E-state index contributed by atoms with van der Waals surface area (Å²) in [5, 5.41) is 3.13. The first-order valence-corrected chi connectivity index (χ1v) is 3.82. The van der Waals surface area contributed by atoms with Gasteiger partial charge < -0.3 is 11.1 Å². The fourth-order valence-corrected chi connectivity index (χ4v) is 1.54. The van der Waals surface area contributed by atoms with Crippen molar-refractivity contribution in [3.8, 4) is 0 Å². The average molecular weight is 157 g/mol. The van der Waals surface area contributed by atoms with Crippen LogP contribution in [0, 0.1) is 0 Å². The van der Waals surface area contributed by atoms with Crippen molar-refractivity contribution in [2.75, 3.05) is 20.6 Å². The number of rotatable bonds is 2. The number of primary amides is 1. The lowest BCUT2D eigenvalue weighted by Crippen LogP contribution is -2.37. The molecule has 0 aliphatic carbocycles. The first-order valence-electron chi connectivity index (χ1n) is 3.82. The van der Waals surface area contributed by atoms with Crippen molar-refractivity contribution in [1.29, 1.82) is 0 Å². The van der Waals surface area contributed by atoms with Crippen LogP contribution in [0.15, 0.2) is 0 Å². The molecule has 0 aromatic rings. The highest BCUT2D eigenvalue weighted by atomic mass is 16.1. The van der Waals surface area contributed by atoms with Gasteiger partial charge in [-0.1, -0.05) is 0 Å². The largest absolute Gasteiger partial charge is 0.368 e. The molecule has 1 saturated heterocycles. The second kappa shape index (κ2) is 3.19. The van der Waals surface area contributed by atoms with Gasteiger partial charge in [0.2, 0.25) is 5.91 Å². The van der Waals surface area contributed by atoms with Crippen LogP contribution in [0.4, 0.5) is 0 Å². The van der Waals surface area contributed by atoms with Crippen molar-refractivity contribution in [1.82, 2.24) is 10.2 Å². The third-order valence-electron chi connectivity index (χ3n) is 2.28. The predicted octanol–water partition coefficient (Wildman–Crippen LogP) is -1.24. The van der Waals surface area contributed by atoms with Gasteiger partial charge in [-0.2, -0.15) is 0 Å². The highest BCUT2D eigenvalue weighted by Gasteiger charge is 2.31. The molecular formula is C7H15N3O. The third kappa shape index (κ3) is 1.70. The maximum absolute atomic E-state index is 10.8. The van der Waals surface area contributed by atoms with E-state index < -0.39 is 0 Å². The fraction of sp³-hybridized carbons (Fsp3) is 0.857. The molecular weight excluding hydrogens is 142 g/mol. The number of likely N-dealkylation sites (N-methyl/N-ethyl adjacent to an activating group) is 2. The molecule has 1 fully saturated rings. The molecule has 3 N–H and O–H groups in total. The lowest BCUT2D eigenvalue weighted by Gasteiger charge is -2.14. The van der Waals surface area contributed by atoms with E-state index in [1.807, 2.05) is 19.0 Å². The van der Waals surface area contributed by atoms with Crippen LogP contribution < -0.4 is 11.1 Å². The molecule has 2 unspecified atom stereocenters. The van der Waals surface area contributed by atoms with E-state index in [-0.39, 0.29) is 11.9 Å². The maximum atomic E-state index is 10.8. The lowest BCUT2D eigenvalue weighted by molar-refractivity contribution is -0.121. The van der Waals surface area contributed by atoms with Gasteiger partial charge in [-0.15, -0.1) is 0 Å². The summed E-state index contributed by atoms with van der Waals surface area (Å²) in [5.41, 5.74) is 5.20. The first kappa shape index (κ1) is 8.49. The minimum absolute atomic E-state index is 0.0764. The Morgan fingerprint density at radius 3 is 2.64 bits per heavy atom. The zero-order chi connectivity index (χ0) is 8.43. The molecule has 1 aliphatic rings. The number of carbonyl (C=O) groups excluding carboxylic acids is 1. The second-order valence-electron chi connectivity index (χ2n) is 3.08. The molecule has 0 aromatic carbocycles. The Balaban J connectivity index is 2.51. The highest BCUT2D eigenvalue weighted by Crippen LogP contribution is 2.14. The summed E-state index contributed by atoms with van der Waals surface area (Å²) >= 11 is 0. The van der Waals surface area contributed by atoms with Gasteiger partial charge in [0.05, 0.1) is 6.04 Å². The number of hydrogen-bond acceptors (Lipinski definition) is 3.